The van der Waals surface area contributed by atoms with Gasteiger partial charge in [-0.05, 0) is 13.8 Å². The molecule has 0 amide bonds. The molecule has 2 fully saturated rings. The average molecular weight is 420 g/mol. The lowest BCUT2D eigenvalue weighted by atomic mass is 10.1. The molecule has 2 aromatic heterocycles. The molecule has 2 aliphatic rings. The summed E-state index contributed by atoms with van der Waals surface area (Å²) in [4.78, 5) is 24.3. The number of nitrogens with zero attached hydrogens (tertiary/aromatic N) is 5. The van der Waals surface area contributed by atoms with E-state index in [1.807, 2.05) is 18.7 Å². The number of anilines is 1. The third-order valence-electron chi connectivity index (χ3n) is 4.68. The monoisotopic (exact) mass is 419 g/mol. The Morgan fingerprint density at radius 3 is 2.85 bits per heavy atom. The van der Waals surface area contributed by atoms with Crippen LogP contribution in [0.5, 0.6) is 0 Å². The predicted molar refractivity (Wildman–Crippen MR) is 94.5 cm³/mol. The molecule has 1 unspecified atom stereocenters. The van der Waals surface area contributed by atoms with E-state index < -0.39 is 32.4 Å². The van der Waals surface area contributed by atoms with Gasteiger partial charge >= 0.3 is 7.82 Å². The molecule has 0 bridgehead atoms. The van der Waals surface area contributed by atoms with E-state index in [-0.39, 0.29) is 11.8 Å². The highest BCUT2D eigenvalue weighted by Gasteiger charge is 2.53. The fraction of sp³-hybridized carbons (Fsp3) is 0.643. The summed E-state index contributed by atoms with van der Waals surface area (Å²) in [5, 5.41) is 11.0. The molecule has 0 spiro atoms. The zero-order valence-corrected chi connectivity index (χ0v) is 16.2. The van der Waals surface area contributed by atoms with Crippen molar-refractivity contribution in [2.24, 2.45) is 0 Å². The standard InChI is InChI=1S/C14H19ClN5O6P/c1-3-19(4-2)14-18-8-11(15)16-6-17-12(8)20(14)13-9(21)10-7(25-13)5-24-27(22,23)26-10/h6-7,9-10,13,21H,3-5H2,1-2H3,(H,22,23)/t7-,9-,10-,13-/m1/s1. The lowest BCUT2D eigenvalue weighted by Crippen LogP contribution is -2.39. The summed E-state index contributed by atoms with van der Waals surface area (Å²) in [5.41, 5.74) is 0.754. The average Bonchev–Trinajstić information content (AvgIpc) is 3.15. The van der Waals surface area contributed by atoms with Crippen molar-refractivity contribution in [3.63, 3.8) is 0 Å². The molecule has 0 saturated carbocycles. The Labute approximate surface area is 159 Å². The van der Waals surface area contributed by atoms with Crippen molar-refractivity contribution in [3.8, 4) is 0 Å². The van der Waals surface area contributed by atoms with Crippen LogP contribution in [0.1, 0.15) is 20.1 Å². The van der Waals surface area contributed by atoms with E-state index in [0.29, 0.717) is 30.2 Å². The highest BCUT2D eigenvalue weighted by Crippen LogP contribution is 2.53. The van der Waals surface area contributed by atoms with Gasteiger partial charge in [-0.1, -0.05) is 11.6 Å². The zero-order valence-electron chi connectivity index (χ0n) is 14.6. The van der Waals surface area contributed by atoms with Crippen LogP contribution < -0.4 is 4.90 Å². The maximum Gasteiger partial charge on any atom is 0.472 e. The van der Waals surface area contributed by atoms with Gasteiger partial charge in [-0.3, -0.25) is 13.6 Å². The minimum absolute atomic E-state index is 0.172. The molecule has 2 aliphatic heterocycles. The molecule has 13 heteroatoms. The topological polar surface area (TPSA) is 132 Å². The van der Waals surface area contributed by atoms with Crippen LogP contribution >= 0.6 is 19.4 Å². The SMILES string of the molecule is CCN(CC)c1nc2c(Cl)ncnc2n1[C@@H]1O[C@@H]2COP(=O)(O)O[C@H]2[C@H]1O. The van der Waals surface area contributed by atoms with Crippen molar-refractivity contribution in [2.45, 2.75) is 38.4 Å². The number of hydrogen-bond acceptors (Lipinski definition) is 9. The molecule has 2 N–H and O–H groups in total. The van der Waals surface area contributed by atoms with Gasteiger partial charge in [0.1, 0.15) is 30.2 Å². The third kappa shape index (κ3) is 3.13. The Balaban J connectivity index is 1.82. The van der Waals surface area contributed by atoms with E-state index in [1.165, 1.54) is 6.33 Å². The molecular weight excluding hydrogens is 401 g/mol. The summed E-state index contributed by atoms with van der Waals surface area (Å²) in [5.74, 6) is 0.494. The molecule has 0 aromatic carbocycles. The number of fused-ring (bicyclic) bond motifs is 2. The number of aromatic nitrogens is 4. The summed E-state index contributed by atoms with van der Waals surface area (Å²) in [6.45, 7) is 5.04. The first-order valence-electron chi connectivity index (χ1n) is 8.49. The van der Waals surface area contributed by atoms with Crippen LogP contribution in [0.3, 0.4) is 0 Å². The Kier molecular flexibility index (Phi) is 4.88. The first kappa shape index (κ1) is 19.0. The molecule has 5 atom stereocenters. The second-order valence-corrected chi connectivity index (χ2v) is 7.94. The van der Waals surface area contributed by atoms with Gasteiger partial charge in [-0.25, -0.2) is 19.5 Å². The van der Waals surface area contributed by atoms with Gasteiger partial charge in [0.15, 0.2) is 17.0 Å². The molecule has 148 valence electrons. The number of aliphatic hydroxyl groups excluding tert-OH is 1. The molecule has 0 radical (unpaired) electrons. The summed E-state index contributed by atoms with van der Waals surface area (Å²) >= 11 is 6.17. The van der Waals surface area contributed by atoms with Crippen molar-refractivity contribution >= 4 is 36.5 Å². The van der Waals surface area contributed by atoms with Crippen molar-refractivity contribution < 1.29 is 28.3 Å². The highest BCUT2D eigenvalue weighted by atomic mass is 35.5. The fourth-order valence-corrected chi connectivity index (χ4v) is 4.52. The number of ether oxygens (including phenoxy) is 1. The van der Waals surface area contributed by atoms with Crippen LogP contribution in [0, 0.1) is 0 Å². The molecule has 2 saturated heterocycles. The molecule has 4 rings (SSSR count). The number of phosphoric ester groups is 1. The van der Waals surface area contributed by atoms with Crippen molar-refractivity contribution in [2.75, 3.05) is 24.6 Å². The van der Waals surface area contributed by atoms with Gasteiger partial charge in [0.25, 0.3) is 0 Å². The number of halogens is 1. The van der Waals surface area contributed by atoms with Gasteiger partial charge in [-0.15, -0.1) is 0 Å². The Hall–Kier alpha value is -1.33. The van der Waals surface area contributed by atoms with Gasteiger partial charge in [0.05, 0.1) is 6.61 Å². The molecule has 27 heavy (non-hydrogen) atoms. The first-order chi connectivity index (χ1) is 12.9. The van der Waals surface area contributed by atoms with E-state index >= 15 is 0 Å². The number of hydrogen-bond donors (Lipinski definition) is 2. The highest BCUT2D eigenvalue weighted by molar-refractivity contribution is 7.47. The summed E-state index contributed by atoms with van der Waals surface area (Å²) in [6.07, 6.45) is -2.62. The predicted octanol–water partition coefficient (Wildman–Crippen LogP) is 1.10. The van der Waals surface area contributed by atoms with Gasteiger partial charge in [0.2, 0.25) is 5.95 Å². The van der Waals surface area contributed by atoms with Gasteiger partial charge < -0.3 is 19.6 Å². The molecule has 0 aliphatic carbocycles. The molecule has 4 heterocycles. The van der Waals surface area contributed by atoms with Crippen LogP contribution in [0.4, 0.5) is 5.95 Å². The zero-order chi connectivity index (χ0) is 19.3. The van der Waals surface area contributed by atoms with Crippen molar-refractivity contribution in [1.29, 1.82) is 0 Å². The van der Waals surface area contributed by atoms with Crippen molar-refractivity contribution in [1.82, 2.24) is 19.5 Å². The second kappa shape index (κ2) is 6.93. The van der Waals surface area contributed by atoms with E-state index in [2.05, 4.69) is 15.0 Å². The lowest BCUT2D eigenvalue weighted by Gasteiger charge is -2.28. The number of rotatable bonds is 4. The number of imidazole rings is 1. The normalized spacial score (nSPS) is 33.4. The lowest BCUT2D eigenvalue weighted by molar-refractivity contribution is -0.0661. The minimum Gasteiger partial charge on any atom is -0.386 e. The Bertz CT molecular complexity index is 907. The Morgan fingerprint density at radius 2 is 2.15 bits per heavy atom. The van der Waals surface area contributed by atoms with Gasteiger partial charge in [0, 0.05) is 13.1 Å². The Morgan fingerprint density at radius 1 is 1.41 bits per heavy atom. The maximum absolute atomic E-state index is 11.7. The largest absolute Gasteiger partial charge is 0.472 e. The van der Waals surface area contributed by atoms with Gasteiger partial charge in [-0.2, -0.15) is 0 Å². The summed E-state index contributed by atoms with van der Waals surface area (Å²) in [7, 11) is -4.22. The van der Waals surface area contributed by atoms with E-state index in [0.717, 1.165) is 0 Å². The summed E-state index contributed by atoms with van der Waals surface area (Å²) < 4.78 is 29.1. The molecule has 2 aromatic rings. The van der Waals surface area contributed by atoms with E-state index in [9.17, 15) is 14.6 Å². The summed E-state index contributed by atoms with van der Waals surface area (Å²) in [6, 6.07) is 0. The van der Waals surface area contributed by atoms with Crippen LogP contribution in [-0.2, 0) is 18.3 Å². The van der Waals surface area contributed by atoms with Crippen LogP contribution in [0.2, 0.25) is 5.15 Å². The number of phosphoric acid groups is 1. The van der Waals surface area contributed by atoms with Crippen LogP contribution in [0.25, 0.3) is 11.2 Å². The number of aliphatic hydroxyl groups is 1. The molecular formula is C14H19ClN5O6P. The quantitative estimate of drug-likeness (QED) is 0.548. The second-order valence-electron chi connectivity index (χ2n) is 6.18. The molecule has 11 nitrogen and oxygen atoms in total. The van der Waals surface area contributed by atoms with E-state index in [4.69, 9.17) is 25.4 Å². The maximum atomic E-state index is 11.7. The fourth-order valence-electron chi connectivity index (χ4n) is 3.38. The smallest absolute Gasteiger partial charge is 0.386 e. The minimum atomic E-state index is -4.22. The first-order valence-corrected chi connectivity index (χ1v) is 10.4. The van der Waals surface area contributed by atoms with Crippen LogP contribution in [0.15, 0.2) is 6.33 Å². The van der Waals surface area contributed by atoms with Crippen molar-refractivity contribution in [3.05, 3.63) is 11.5 Å². The third-order valence-corrected chi connectivity index (χ3v) is 5.94. The van der Waals surface area contributed by atoms with E-state index in [1.54, 1.807) is 4.57 Å². The van der Waals surface area contributed by atoms with Crippen LogP contribution in [-0.4, -0.2) is 67.5 Å².